The molecule has 4 aromatic heterocycles. The average Bonchev–Trinajstić information content (AvgIpc) is 3.06. The molecular weight excluding hydrogens is 284 g/mol. The van der Waals surface area contributed by atoms with Crippen molar-refractivity contribution < 1.29 is 0 Å². The van der Waals surface area contributed by atoms with Crippen LogP contribution in [0.1, 0.15) is 17.1 Å². The smallest absolute Gasteiger partial charge is 0.259 e. The van der Waals surface area contributed by atoms with E-state index in [2.05, 4.69) is 15.0 Å². The van der Waals surface area contributed by atoms with E-state index in [1.54, 1.807) is 0 Å². The second-order valence-electron chi connectivity index (χ2n) is 5.01. The molecule has 0 aromatic carbocycles. The second-order valence-corrected chi connectivity index (χ2v) is 5.76. The highest BCUT2D eigenvalue weighted by Crippen LogP contribution is 2.15. The zero-order chi connectivity index (χ0) is 14.4. The highest BCUT2D eigenvalue weighted by atomic mass is 32.1. The Bertz CT molecular complexity index is 1010. The van der Waals surface area contributed by atoms with Crippen molar-refractivity contribution in [3.05, 3.63) is 62.7 Å². The molecule has 4 heterocycles. The first-order chi connectivity index (χ1) is 10.2. The van der Waals surface area contributed by atoms with Crippen molar-refractivity contribution in [2.75, 3.05) is 0 Å². The van der Waals surface area contributed by atoms with Crippen molar-refractivity contribution in [2.24, 2.45) is 0 Å². The number of pyridine rings is 1. The topological polar surface area (TPSA) is 63.1 Å². The summed E-state index contributed by atoms with van der Waals surface area (Å²) in [7, 11) is 0. The lowest BCUT2D eigenvalue weighted by molar-refractivity contribution is 0.951. The summed E-state index contributed by atoms with van der Waals surface area (Å²) in [5.74, 6) is 0.645. The van der Waals surface area contributed by atoms with Crippen LogP contribution in [-0.4, -0.2) is 19.4 Å². The van der Waals surface area contributed by atoms with Crippen molar-refractivity contribution in [1.29, 1.82) is 0 Å². The zero-order valence-corrected chi connectivity index (χ0v) is 12.1. The second kappa shape index (κ2) is 4.53. The lowest BCUT2D eigenvalue weighted by atomic mass is 10.3. The fourth-order valence-corrected chi connectivity index (χ4v) is 3.20. The van der Waals surface area contributed by atoms with Crippen molar-refractivity contribution in [1.82, 2.24) is 19.4 Å². The molecule has 0 aliphatic carbocycles. The summed E-state index contributed by atoms with van der Waals surface area (Å²) in [5.41, 5.74) is 3.61. The standard InChI is InChI=1S/C15H12N4OS/c1-9-3-2-4-19-6-10(16-14(9)19)5-13-17-12-8-21-7-11(12)15(20)18-13/h2-4,6-8H,5H2,1H3,(H,17,18,20). The van der Waals surface area contributed by atoms with Gasteiger partial charge in [-0.1, -0.05) is 6.07 Å². The lowest BCUT2D eigenvalue weighted by Crippen LogP contribution is -2.11. The minimum atomic E-state index is -0.0869. The molecular formula is C15H12N4OS. The normalized spacial score (nSPS) is 11.5. The molecule has 0 spiro atoms. The van der Waals surface area contributed by atoms with Crippen LogP contribution in [-0.2, 0) is 6.42 Å². The summed E-state index contributed by atoms with van der Waals surface area (Å²) >= 11 is 1.49. The first-order valence-electron chi connectivity index (χ1n) is 6.59. The fraction of sp³-hybridized carbons (Fsp3) is 0.133. The number of nitrogens with zero attached hydrogens (tertiary/aromatic N) is 3. The van der Waals surface area contributed by atoms with Gasteiger partial charge in [0.1, 0.15) is 11.5 Å². The van der Waals surface area contributed by atoms with Gasteiger partial charge >= 0.3 is 0 Å². The summed E-state index contributed by atoms with van der Waals surface area (Å²) in [4.78, 5) is 23.9. The number of nitrogens with one attached hydrogen (secondary N) is 1. The van der Waals surface area contributed by atoms with Gasteiger partial charge in [-0.2, -0.15) is 0 Å². The van der Waals surface area contributed by atoms with Crippen molar-refractivity contribution in [3.8, 4) is 0 Å². The van der Waals surface area contributed by atoms with Gasteiger partial charge in [0, 0.05) is 29.6 Å². The maximum absolute atomic E-state index is 12.0. The molecule has 0 saturated carbocycles. The SMILES string of the molecule is Cc1cccn2cc(Cc3nc4cscc4c(=O)[nH]3)nc12. The van der Waals surface area contributed by atoms with Gasteiger partial charge in [-0.05, 0) is 18.6 Å². The highest BCUT2D eigenvalue weighted by Gasteiger charge is 2.08. The van der Waals surface area contributed by atoms with Gasteiger partial charge in [-0.3, -0.25) is 4.79 Å². The van der Waals surface area contributed by atoms with Crippen LogP contribution in [0, 0.1) is 6.92 Å². The van der Waals surface area contributed by atoms with Gasteiger partial charge in [-0.25, -0.2) is 9.97 Å². The molecule has 5 nitrogen and oxygen atoms in total. The third-order valence-corrected chi connectivity index (χ3v) is 4.21. The number of aromatic nitrogens is 4. The van der Waals surface area contributed by atoms with Crippen LogP contribution in [0.25, 0.3) is 16.6 Å². The lowest BCUT2D eigenvalue weighted by Gasteiger charge is -1.97. The number of thiophene rings is 1. The Balaban J connectivity index is 1.78. The van der Waals surface area contributed by atoms with E-state index in [1.165, 1.54) is 11.3 Å². The van der Waals surface area contributed by atoms with Crippen LogP contribution < -0.4 is 5.56 Å². The predicted molar refractivity (Wildman–Crippen MR) is 83.0 cm³/mol. The quantitative estimate of drug-likeness (QED) is 0.618. The number of rotatable bonds is 2. The Labute approximate surface area is 123 Å². The maximum Gasteiger partial charge on any atom is 0.259 e. The number of fused-ring (bicyclic) bond motifs is 2. The third kappa shape index (κ3) is 2.04. The van der Waals surface area contributed by atoms with Crippen LogP contribution in [0.2, 0.25) is 0 Å². The highest BCUT2D eigenvalue weighted by molar-refractivity contribution is 7.09. The zero-order valence-electron chi connectivity index (χ0n) is 11.3. The van der Waals surface area contributed by atoms with Crippen molar-refractivity contribution in [2.45, 2.75) is 13.3 Å². The molecule has 6 heteroatoms. The van der Waals surface area contributed by atoms with E-state index in [1.807, 2.05) is 46.6 Å². The predicted octanol–water partition coefficient (Wildman–Crippen LogP) is 2.53. The van der Waals surface area contributed by atoms with Crippen LogP contribution in [0.4, 0.5) is 0 Å². The monoisotopic (exact) mass is 296 g/mol. The van der Waals surface area contributed by atoms with E-state index < -0.39 is 0 Å². The van der Waals surface area contributed by atoms with Crippen LogP contribution in [0.5, 0.6) is 0 Å². The first kappa shape index (κ1) is 12.3. The van der Waals surface area contributed by atoms with Gasteiger partial charge in [0.05, 0.1) is 16.6 Å². The molecule has 0 fully saturated rings. The van der Waals surface area contributed by atoms with E-state index in [9.17, 15) is 4.79 Å². The summed E-state index contributed by atoms with van der Waals surface area (Å²) in [6.45, 7) is 2.03. The first-order valence-corrected chi connectivity index (χ1v) is 7.53. The molecule has 21 heavy (non-hydrogen) atoms. The Morgan fingerprint density at radius 1 is 1.33 bits per heavy atom. The Morgan fingerprint density at radius 3 is 3.10 bits per heavy atom. The molecule has 0 aliphatic heterocycles. The number of imidazole rings is 1. The van der Waals surface area contributed by atoms with Gasteiger partial charge in [0.25, 0.3) is 5.56 Å². The minimum Gasteiger partial charge on any atom is -0.310 e. The number of hydrogen-bond donors (Lipinski definition) is 1. The van der Waals surface area contributed by atoms with Crippen molar-refractivity contribution >= 4 is 27.9 Å². The average molecular weight is 296 g/mol. The molecule has 104 valence electrons. The maximum atomic E-state index is 12.0. The Kier molecular flexibility index (Phi) is 2.65. The van der Waals surface area contributed by atoms with E-state index in [-0.39, 0.29) is 5.56 Å². The van der Waals surface area contributed by atoms with Crippen molar-refractivity contribution in [3.63, 3.8) is 0 Å². The van der Waals surface area contributed by atoms with E-state index >= 15 is 0 Å². The van der Waals surface area contributed by atoms with E-state index in [4.69, 9.17) is 0 Å². The Hall–Kier alpha value is -2.47. The number of aryl methyl sites for hydroxylation is 1. The Morgan fingerprint density at radius 2 is 2.24 bits per heavy atom. The molecule has 4 rings (SSSR count). The van der Waals surface area contributed by atoms with Gasteiger partial charge in [0.15, 0.2) is 0 Å². The molecule has 0 amide bonds. The molecule has 0 aliphatic rings. The summed E-state index contributed by atoms with van der Waals surface area (Å²) in [6, 6.07) is 4.02. The molecule has 1 N–H and O–H groups in total. The van der Waals surface area contributed by atoms with Crippen LogP contribution in [0.3, 0.4) is 0 Å². The molecule has 4 aromatic rings. The van der Waals surface area contributed by atoms with Gasteiger partial charge < -0.3 is 9.38 Å². The summed E-state index contributed by atoms with van der Waals surface area (Å²) in [5, 5.41) is 4.36. The van der Waals surface area contributed by atoms with Crippen LogP contribution in [0.15, 0.2) is 40.1 Å². The van der Waals surface area contributed by atoms with Gasteiger partial charge in [-0.15, -0.1) is 11.3 Å². The number of aromatic amines is 1. The third-order valence-electron chi connectivity index (χ3n) is 3.48. The molecule has 0 saturated heterocycles. The minimum absolute atomic E-state index is 0.0869. The molecule has 0 atom stereocenters. The molecule has 0 radical (unpaired) electrons. The number of hydrogen-bond acceptors (Lipinski definition) is 4. The summed E-state index contributed by atoms with van der Waals surface area (Å²) in [6.07, 6.45) is 4.46. The largest absolute Gasteiger partial charge is 0.310 e. The van der Waals surface area contributed by atoms with E-state index in [0.717, 1.165) is 22.4 Å². The van der Waals surface area contributed by atoms with E-state index in [0.29, 0.717) is 17.6 Å². The number of H-pyrrole nitrogens is 1. The fourth-order valence-electron chi connectivity index (χ4n) is 2.46. The van der Waals surface area contributed by atoms with Crippen LogP contribution >= 0.6 is 11.3 Å². The van der Waals surface area contributed by atoms with Gasteiger partial charge in [0.2, 0.25) is 0 Å². The molecule has 0 unspecified atom stereocenters. The summed E-state index contributed by atoms with van der Waals surface area (Å²) < 4.78 is 1.99. The molecule has 0 bridgehead atoms.